The molecule has 2 aromatic rings. The zero-order chi connectivity index (χ0) is 11.4. The van der Waals surface area contributed by atoms with Crippen molar-refractivity contribution in [2.45, 2.75) is 6.92 Å². The van der Waals surface area contributed by atoms with Gasteiger partial charge in [-0.05, 0) is 19.1 Å². The number of aromatic nitrogens is 3. The predicted octanol–water partition coefficient (Wildman–Crippen LogP) is 1.43. The van der Waals surface area contributed by atoms with Gasteiger partial charge in [0.2, 0.25) is 0 Å². The van der Waals surface area contributed by atoms with Crippen LogP contribution >= 0.6 is 0 Å². The predicted molar refractivity (Wildman–Crippen MR) is 59.0 cm³/mol. The summed E-state index contributed by atoms with van der Waals surface area (Å²) in [6.45, 7) is 1.86. The average Bonchev–Trinajstić information content (AvgIpc) is 2.30. The summed E-state index contributed by atoms with van der Waals surface area (Å²) in [5.74, 6) is 0.257. The maximum Gasteiger partial charge on any atom is 0.259 e. The molecule has 1 amide bonds. The van der Waals surface area contributed by atoms with Crippen molar-refractivity contribution in [1.29, 1.82) is 0 Å². The summed E-state index contributed by atoms with van der Waals surface area (Å²) in [5.41, 5.74) is 1.26. The number of anilines is 1. The van der Waals surface area contributed by atoms with Gasteiger partial charge < -0.3 is 5.32 Å². The van der Waals surface area contributed by atoms with Gasteiger partial charge in [-0.3, -0.25) is 4.79 Å². The first-order valence-corrected chi connectivity index (χ1v) is 4.76. The van der Waals surface area contributed by atoms with Crippen molar-refractivity contribution in [3.63, 3.8) is 0 Å². The molecule has 16 heavy (non-hydrogen) atoms. The molecule has 0 unspecified atom stereocenters. The molecule has 80 valence electrons. The highest BCUT2D eigenvalue weighted by molar-refractivity contribution is 6.03. The highest BCUT2D eigenvalue weighted by Gasteiger charge is 2.06. The molecule has 2 heterocycles. The second kappa shape index (κ2) is 4.48. The maximum atomic E-state index is 11.7. The molecule has 0 aliphatic heterocycles. The van der Waals surface area contributed by atoms with Gasteiger partial charge in [-0.15, -0.1) is 0 Å². The van der Waals surface area contributed by atoms with E-state index in [1.807, 2.05) is 19.1 Å². The van der Waals surface area contributed by atoms with Crippen molar-refractivity contribution >= 4 is 11.7 Å². The van der Waals surface area contributed by atoms with E-state index in [9.17, 15) is 4.79 Å². The van der Waals surface area contributed by atoms with Crippen molar-refractivity contribution < 1.29 is 4.79 Å². The lowest BCUT2D eigenvalue weighted by Crippen LogP contribution is -2.13. The van der Waals surface area contributed by atoms with Crippen molar-refractivity contribution in [2.75, 3.05) is 5.32 Å². The number of amides is 1. The third kappa shape index (κ3) is 2.38. The minimum atomic E-state index is -0.265. The summed E-state index contributed by atoms with van der Waals surface area (Å²) in [6.07, 6.45) is 4.29. The van der Waals surface area contributed by atoms with E-state index in [0.717, 1.165) is 5.69 Å². The Labute approximate surface area is 92.6 Å². The van der Waals surface area contributed by atoms with Gasteiger partial charge in [0.05, 0.1) is 5.56 Å². The van der Waals surface area contributed by atoms with E-state index in [-0.39, 0.29) is 5.91 Å². The van der Waals surface area contributed by atoms with Gasteiger partial charge in [-0.1, -0.05) is 6.07 Å². The molecular formula is C11H10N4O. The lowest BCUT2D eigenvalue weighted by Gasteiger charge is -2.03. The van der Waals surface area contributed by atoms with Gasteiger partial charge in [0, 0.05) is 18.1 Å². The topological polar surface area (TPSA) is 67.8 Å². The molecule has 0 bridgehead atoms. The van der Waals surface area contributed by atoms with Gasteiger partial charge in [0.15, 0.2) is 0 Å². The first kappa shape index (κ1) is 10.2. The van der Waals surface area contributed by atoms with Crippen LogP contribution in [0.25, 0.3) is 0 Å². The monoisotopic (exact) mass is 214 g/mol. The van der Waals surface area contributed by atoms with E-state index in [0.29, 0.717) is 11.4 Å². The van der Waals surface area contributed by atoms with Crippen molar-refractivity contribution in [2.24, 2.45) is 0 Å². The Balaban J connectivity index is 2.14. The van der Waals surface area contributed by atoms with Crippen LogP contribution in [0.15, 0.2) is 36.9 Å². The number of hydrogen-bond donors (Lipinski definition) is 1. The fraction of sp³-hybridized carbons (Fsp3) is 0.0909. The molecule has 5 heteroatoms. The van der Waals surface area contributed by atoms with E-state index in [1.54, 1.807) is 6.07 Å². The van der Waals surface area contributed by atoms with Gasteiger partial charge in [0.1, 0.15) is 12.1 Å². The summed E-state index contributed by atoms with van der Waals surface area (Å²) in [6, 6.07) is 5.43. The fourth-order valence-electron chi connectivity index (χ4n) is 1.22. The number of hydrogen-bond acceptors (Lipinski definition) is 4. The Kier molecular flexibility index (Phi) is 2.86. The molecule has 0 atom stereocenters. The standard InChI is InChI=1S/C11H10N4O/c1-8-3-2-4-10(14-8)15-11(16)9-5-12-7-13-6-9/h2-7H,1H3,(H,14,15,16). The Bertz CT molecular complexity index is 498. The number of nitrogens with zero attached hydrogens (tertiary/aromatic N) is 3. The highest BCUT2D eigenvalue weighted by atomic mass is 16.1. The van der Waals surface area contributed by atoms with Gasteiger partial charge in [-0.2, -0.15) is 0 Å². The molecule has 0 fully saturated rings. The van der Waals surface area contributed by atoms with Crippen LogP contribution in [0, 0.1) is 6.92 Å². The van der Waals surface area contributed by atoms with Crippen LogP contribution in [-0.2, 0) is 0 Å². The Morgan fingerprint density at radius 3 is 2.69 bits per heavy atom. The largest absolute Gasteiger partial charge is 0.306 e. The molecule has 0 aliphatic rings. The Morgan fingerprint density at radius 2 is 2.00 bits per heavy atom. The summed E-state index contributed by atoms with van der Waals surface area (Å²) in [7, 11) is 0. The van der Waals surface area contributed by atoms with Crippen LogP contribution in [0.1, 0.15) is 16.1 Å². The summed E-state index contributed by atoms with van der Waals surface area (Å²) in [4.78, 5) is 23.4. The number of carbonyl (C=O) groups excluding carboxylic acids is 1. The lowest BCUT2D eigenvalue weighted by atomic mass is 10.3. The third-order valence-corrected chi connectivity index (χ3v) is 1.95. The van der Waals surface area contributed by atoms with Crippen LogP contribution < -0.4 is 5.32 Å². The van der Waals surface area contributed by atoms with Crippen molar-refractivity contribution in [3.8, 4) is 0 Å². The molecular weight excluding hydrogens is 204 g/mol. The quantitative estimate of drug-likeness (QED) is 0.821. The average molecular weight is 214 g/mol. The zero-order valence-corrected chi connectivity index (χ0v) is 8.71. The summed E-state index contributed by atoms with van der Waals surface area (Å²) >= 11 is 0. The maximum absolute atomic E-state index is 11.7. The summed E-state index contributed by atoms with van der Waals surface area (Å²) < 4.78 is 0. The van der Waals surface area contributed by atoms with Crippen LogP contribution in [0.4, 0.5) is 5.82 Å². The number of rotatable bonds is 2. The second-order valence-electron chi connectivity index (χ2n) is 3.25. The van der Waals surface area contributed by atoms with E-state index in [4.69, 9.17) is 0 Å². The van der Waals surface area contributed by atoms with Crippen LogP contribution in [0.3, 0.4) is 0 Å². The molecule has 0 aromatic carbocycles. The van der Waals surface area contributed by atoms with E-state index >= 15 is 0 Å². The zero-order valence-electron chi connectivity index (χ0n) is 8.71. The minimum Gasteiger partial charge on any atom is -0.306 e. The van der Waals surface area contributed by atoms with E-state index < -0.39 is 0 Å². The van der Waals surface area contributed by atoms with Crippen molar-refractivity contribution in [3.05, 3.63) is 48.2 Å². The number of aryl methyl sites for hydroxylation is 1. The fourth-order valence-corrected chi connectivity index (χ4v) is 1.22. The first-order valence-electron chi connectivity index (χ1n) is 4.76. The van der Waals surface area contributed by atoms with Gasteiger partial charge in [-0.25, -0.2) is 15.0 Å². The first-order chi connectivity index (χ1) is 7.75. The van der Waals surface area contributed by atoms with Crippen LogP contribution in [0.2, 0.25) is 0 Å². The smallest absolute Gasteiger partial charge is 0.259 e. The highest BCUT2D eigenvalue weighted by Crippen LogP contribution is 2.05. The Morgan fingerprint density at radius 1 is 1.25 bits per heavy atom. The molecule has 2 aromatic heterocycles. The van der Waals surface area contributed by atoms with Crippen molar-refractivity contribution in [1.82, 2.24) is 15.0 Å². The van der Waals surface area contributed by atoms with E-state index in [1.165, 1.54) is 18.7 Å². The lowest BCUT2D eigenvalue weighted by molar-refractivity contribution is 0.102. The molecule has 5 nitrogen and oxygen atoms in total. The molecule has 0 saturated carbocycles. The van der Waals surface area contributed by atoms with Gasteiger partial charge >= 0.3 is 0 Å². The molecule has 0 radical (unpaired) electrons. The van der Waals surface area contributed by atoms with E-state index in [2.05, 4.69) is 20.3 Å². The number of pyridine rings is 1. The molecule has 1 N–H and O–H groups in total. The van der Waals surface area contributed by atoms with Gasteiger partial charge in [0.25, 0.3) is 5.91 Å². The molecule has 2 rings (SSSR count). The van der Waals surface area contributed by atoms with Crippen LogP contribution in [0.5, 0.6) is 0 Å². The number of carbonyl (C=O) groups is 1. The minimum absolute atomic E-state index is 0.265. The molecule has 0 spiro atoms. The SMILES string of the molecule is Cc1cccc(NC(=O)c2cncnc2)n1. The molecule has 0 aliphatic carbocycles. The molecule has 0 saturated heterocycles. The normalized spacial score (nSPS) is 9.81. The number of nitrogens with one attached hydrogen (secondary N) is 1. The third-order valence-electron chi connectivity index (χ3n) is 1.95. The second-order valence-corrected chi connectivity index (χ2v) is 3.25. The summed E-state index contributed by atoms with van der Waals surface area (Å²) in [5, 5.41) is 2.67. The Hall–Kier alpha value is -2.30. The van der Waals surface area contributed by atoms with Crippen LogP contribution in [-0.4, -0.2) is 20.9 Å².